The Bertz CT molecular complexity index is 884. The zero-order chi connectivity index (χ0) is 21.1. The van der Waals surface area contributed by atoms with E-state index in [9.17, 15) is 9.59 Å². The third-order valence-corrected chi connectivity index (χ3v) is 9.36. The van der Waals surface area contributed by atoms with Gasteiger partial charge in [-0.3, -0.25) is 14.6 Å². The fourth-order valence-electron chi connectivity index (χ4n) is 7.71. The van der Waals surface area contributed by atoms with E-state index in [2.05, 4.69) is 30.2 Å². The lowest BCUT2D eigenvalue weighted by molar-refractivity contribution is -0.138. The molecule has 0 radical (unpaired) electrons. The molecule has 2 heterocycles. The van der Waals surface area contributed by atoms with Crippen LogP contribution in [0.4, 0.5) is 0 Å². The summed E-state index contributed by atoms with van der Waals surface area (Å²) in [4.78, 5) is 31.1. The summed E-state index contributed by atoms with van der Waals surface area (Å²) in [7, 11) is 1.97. The lowest BCUT2D eigenvalue weighted by Gasteiger charge is -2.60. The molecule has 5 heteroatoms. The number of nitrogens with zero attached hydrogens (tertiary/aromatic N) is 2. The molecule has 0 spiro atoms. The maximum Gasteiger partial charge on any atom is 0.253 e. The van der Waals surface area contributed by atoms with Crippen LogP contribution in [0.2, 0.25) is 0 Å². The van der Waals surface area contributed by atoms with Gasteiger partial charge in [0, 0.05) is 36.9 Å². The molecule has 0 saturated heterocycles. The molecule has 3 fully saturated rings. The van der Waals surface area contributed by atoms with Gasteiger partial charge in [0.15, 0.2) is 0 Å². The van der Waals surface area contributed by atoms with E-state index >= 15 is 0 Å². The summed E-state index contributed by atoms with van der Waals surface area (Å²) >= 11 is 0. The van der Waals surface area contributed by atoms with Crippen LogP contribution in [0.3, 0.4) is 0 Å². The first kappa shape index (κ1) is 19.8. The van der Waals surface area contributed by atoms with Crippen molar-refractivity contribution in [2.24, 2.45) is 28.6 Å². The average molecular weight is 408 g/mol. The molecule has 5 nitrogen and oxygen atoms in total. The first-order valence-corrected chi connectivity index (χ1v) is 11.5. The summed E-state index contributed by atoms with van der Waals surface area (Å²) in [5.41, 5.74) is 0.873. The van der Waals surface area contributed by atoms with Gasteiger partial charge >= 0.3 is 0 Å². The van der Waals surface area contributed by atoms with Gasteiger partial charge in [-0.2, -0.15) is 0 Å². The van der Waals surface area contributed by atoms with Crippen LogP contribution in [0.5, 0.6) is 0 Å². The van der Waals surface area contributed by atoms with Gasteiger partial charge in [-0.15, -0.1) is 0 Å². The molecule has 0 aromatic carbocycles. The summed E-state index contributed by atoms with van der Waals surface area (Å²) in [6.07, 6.45) is 14.2. The summed E-state index contributed by atoms with van der Waals surface area (Å²) in [5, 5.41) is 3.36. The first-order chi connectivity index (χ1) is 14.3. The van der Waals surface area contributed by atoms with Crippen molar-refractivity contribution in [3.63, 3.8) is 0 Å². The number of amides is 2. The highest BCUT2D eigenvalue weighted by atomic mass is 16.2. The van der Waals surface area contributed by atoms with Crippen LogP contribution >= 0.6 is 0 Å². The van der Waals surface area contributed by atoms with Gasteiger partial charge < -0.3 is 10.2 Å². The Labute approximate surface area is 179 Å². The molecular formula is C25H33N3O2. The normalized spacial score (nSPS) is 42.3. The van der Waals surface area contributed by atoms with Crippen LogP contribution in [0, 0.1) is 28.6 Å². The number of carbonyl (C=O) groups excluding carboxylic acids is 2. The van der Waals surface area contributed by atoms with Crippen molar-refractivity contribution in [2.75, 3.05) is 7.05 Å². The number of pyridine rings is 1. The Kier molecular flexibility index (Phi) is 4.57. The minimum Gasteiger partial charge on any atom is -0.349 e. The van der Waals surface area contributed by atoms with Gasteiger partial charge in [0.2, 0.25) is 5.91 Å². The molecule has 2 amide bonds. The van der Waals surface area contributed by atoms with Gasteiger partial charge in [-0.05, 0) is 79.9 Å². The van der Waals surface area contributed by atoms with Gasteiger partial charge in [-0.25, -0.2) is 0 Å². The molecule has 4 aliphatic rings. The molecule has 1 aromatic heterocycles. The molecule has 1 N–H and O–H groups in total. The van der Waals surface area contributed by atoms with Crippen molar-refractivity contribution in [1.29, 1.82) is 0 Å². The lowest BCUT2D eigenvalue weighted by Crippen LogP contribution is -2.60. The molecule has 7 atom stereocenters. The van der Waals surface area contributed by atoms with Gasteiger partial charge in [0.1, 0.15) is 0 Å². The number of nitrogens with one attached hydrogen (secondary N) is 1. The van der Waals surface area contributed by atoms with Crippen molar-refractivity contribution in [2.45, 2.75) is 64.5 Å². The van der Waals surface area contributed by atoms with Crippen LogP contribution in [-0.2, 0) is 4.79 Å². The smallest absolute Gasteiger partial charge is 0.253 e. The highest BCUT2D eigenvalue weighted by Gasteiger charge is 2.60. The van der Waals surface area contributed by atoms with E-state index in [1.165, 1.54) is 19.3 Å². The maximum atomic E-state index is 12.8. The number of aromatic nitrogens is 1. The molecule has 160 valence electrons. The van der Waals surface area contributed by atoms with Crippen LogP contribution in [0.15, 0.2) is 36.7 Å². The van der Waals surface area contributed by atoms with Crippen LogP contribution < -0.4 is 5.32 Å². The number of carbonyl (C=O) groups is 2. The molecule has 0 bridgehead atoms. The molecular weight excluding hydrogens is 374 g/mol. The van der Waals surface area contributed by atoms with E-state index in [4.69, 9.17) is 0 Å². The standard InChI is InChI=1S/C25H33N3O2/c1-24-12-10-19-17(6-9-21-25(19,2)13-11-22(29)28(21)3)18(24)7-8-20(24)27-23(30)16-5-4-14-26-15-16/h4-5,11,13-15,17-21H,6-10,12H2,1-3H3,(H,27,30)/t17-,18-,19-,20-,21+,24-,25+/m0/s1. The summed E-state index contributed by atoms with van der Waals surface area (Å²) in [5.74, 6) is 2.09. The minimum atomic E-state index is 0.00289. The monoisotopic (exact) mass is 407 g/mol. The number of hydrogen-bond acceptors (Lipinski definition) is 3. The van der Waals surface area contributed by atoms with E-state index in [1.54, 1.807) is 18.5 Å². The Morgan fingerprint density at radius 1 is 1.17 bits per heavy atom. The summed E-state index contributed by atoms with van der Waals surface area (Å²) < 4.78 is 0. The first-order valence-electron chi connectivity index (χ1n) is 11.5. The van der Waals surface area contributed by atoms with Gasteiger partial charge in [0.05, 0.1) is 5.56 Å². The van der Waals surface area contributed by atoms with Crippen LogP contribution in [-0.4, -0.2) is 40.8 Å². The SMILES string of the molecule is CN1C(=O)C=C[C@]2(C)[C@H]3CC[C@]4(C)[C@@H](NC(=O)c5cccnc5)CC[C@H]4[C@@H]3CC[C@@H]12. The Hall–Kier alpha value is -2.17. The Balaban J connectivity index is 1.37. The topological polar surface area (TPSA) is 62.3 Å². The maximum absolute atomic E-state index is 12.8. The van der Waals surface area contributed by atoms with E-state index in [0.717, 1.165) is 19.3 Å². The number of rotatable bonds is 2. The Morgan fingerprint density at radius 2 is 2.00 bits per heavy atom. The van der Waals surface area contributed by atoms with E-state index in [-0.39, 0.29) is 28.7 Å². The minimum absolute atomic E-state index is 0.00289. The quantitative estimate of drug-likeness (QED) is 0.811. The zero-order valence-corrected chi connectivity index (χ0v) is 18.3. The second-order valence-corrected chi connectivity index (χ2v) is 10.5. The van der Waals surface area contributed by atoms with Gasteiger partial charge in [-0.1, -0.05) is 19.9 Å². The molecule has 3 aliphatic carbocycles. The van der Waals surface area contributed by atoms with E-state index in [0.29, 0.717) is 29.4 Å². The molecule has 0 unspecified atom stereocenters. The second-order valence-electron chi connectivity index (χ2n) is 10.5. The van der Waals surface area contributed by atoms with Crippen molar-refractivity contribution < 1.29 is 9.59 Å². The van der Waals surface area contributed by atoms with Gasteiger partial charge in [0.25, 0.3) is 5.91 Å². The van der Waals surface area contributed by atoms with E-state index in [1.807, 2.05) is 24.1 Å². The number of likely N-dealkylation sites (N-methyl/N-ethyl adjacent to an activating group) is 1. The predicted molar refractivity (Wildman–Crippen MR) is 116 cm³/mol. The molecule has 1 aliphatic heterocycles. The lowest BCUT2D eigenvalue weighted by atomic mass is 9.48. The Morgan fingerprint density at radius 3 is 2.77 bits per heavy atom. The number of hydrogen-bond donors (Lipinski definition) is 1. The van der Waals surface area contributed by atoms with Crippen molar-refractivity contribution in [3.05, 3.63) is 42.2 Å². The summed E-state index contributed by atoms with van der Waals surface area (Å²) in [6, 6.07) is 4.21. The number of fused-ring (bicyclic) bond motifs is 5. The van der Waals surface area contributed by atoms with Crippen molar-refractivity contribution in [1.82, 2.24) is 15.2 Å². The fourth-order valence-corrected chi connectivity index (χ4v) is 7.71. The molecule has 30 heavy (non-hydrogen) atoms. The molecule has 5 rings (SSSR count). The van der Waals surface area contributed by atoms with E-state index < -0.39 is 0 Å². The molecule has 3 saturated carbocycles. The second kappa shape index (κ2) is 6.93. The van der Waals surface area contributed by atoms with Crippen LogP contribution in [0.1, 0.15) is 62.7 Å². The fraction of sp³-hybridized carbons (Fsp3) is 0.640. The van der Waals surface area contributed by atoms with Crippen molar-refractivity contribution >= 4 is 11.8 Å². The third-order valence-electron chi connectivity index (χ3n) is 9.36. The third kappa shape index (κ3) is 2.77. The van der Waals surface area contributed by atoms with Crippen molar-refractivity contribution in [3.8, 4) is 0 Å². The average Bonchev–Trinajstić information content (AvgIpc) is 3.08. The summed E-state index contributed by atoms with van der Waals surface area (Å²) in [6.45, 7) is 4.79. The largest absolute Gasteiger partial charge is 0.349 e. The highest BCUT2D eigenvalue weighted by molar-refractivity contribution is 5.94. The van der Waals surface area contributed by atoms with Crippen LogP contribution in [0.25, 0.3) is 0 Å². The highest BCUT2D eigenvalue weighted by Crippen LogP contribution is 2.63. The molecule has 1 aromatic rings. The zero-order valence-electron chi connectivity index (χ0n) is 18.3. The predicted octanol–water partition coefficient (Wildman–Crippen LogP) is 3.82.